The zero-order valence-corrected chi connectivity index (χ0v) is 26.2. The van der Waals surface area contributed by atoms with Crippen molar-refractivity contribution in [1.29, 1.82) is 0 Å². The van der Waals surface area contributed by atoms with Crippen molar-refractivity contribution in [3.63, 3.8) is 0 Å². The second kappa shape index (κ2) is 13.3. The fourth-order valence-corrected chi connectivity index (χ4v) is 5.48. The second-order valence-corrected chi connectivity index (χ2v) is 11.2. The average Bonchev–Trinajstić information content (AvgIpc) is 3.05. The number of carbonyl (C=O) groups is 2. The van der Waals surface area contributed by atoms with Gasteiger partial charge in [0.15, 0.2) is 0 Å². The van der Waals surface area contributed by atoms with Crippen LogP contribution in [0.25, 0.3) is 11.1 Å². The fraction of sp³-hybridized carbons (Fsp3) is 0.294. The molecule has 45 heavy (non-hydrogen) atoms. The van der Waals surface area contributed by atoms with Gasteiger partial charge in [0.2, 0.25) is 0 Å². The molecule has 1 aliphatic heterocycles. The SMILES string of the molecule is COCCN(C)C(=O)c1ccc(Nc2cc(-c3cccc(N4CCc5cc(N(C)C)ccc5C4=O)c3CO)cn(C)c2=O)nc1. The molecule has 0 radical (unpaired) electrons. The minimum absolute atomic E-state index is 0.117. The van der Waals surface area contributed by atoms with Crippen LogP contribution in [0.15, 0.2) is 71.8 Å². The Morgan fingerprint density at radius 1 is 1.07 bits per heavy atom. The van der Waals surface area contributed by atoms with E-state index in [1.165, 1.54) is 10.8 Å². The molecule has 2 N–H and O–H groups in total. The third-order valence-electron chi connectivity index (χ3n) is 8.03. The molecule has 3 heterocycles. The summed E-state index contributed by atoms with van der Waals surface area (Å²) in [5.41, 5.74) is 5.69. The molecule has 2 aromatic carbocycles. The van der Waals surface area contributed by atoms with Crippen LogP contribution in [0.1, 0.15) is 31.8 Å². The van der Waals surface area contributed by atoms with E-state index in [9.17, 15) is 19.5 Å². The molecule has 2 amide bonds. The summed E-state index contributed by atoms with van der Waals surface area (Å²) in [7, 11) is 8.86. The maximum absolute atomic E-state index is 13.7. The Bertz CT molecular complexity index is 1780. The van der Waals surface area contributed by atoms with Crippen molar-refractivity contribution in [1.82, 2.24) is 14.5 Å². The molecule has 11 nitrogen and oxygen atoms in total. The molecule has 4 aromatic rings. The zero-order chi connectivity index (χ0) is 32.2. The standard InChI is InChI=1S/C34H38N6O5/c1-37(2)25-10-11-27-22(17-25)13-14-40(33(27)43)30-8-6-7-26(28(30)21-41)24-18-29(34(44)39(4)20-24)36-31-12-9-23(19-35-31)32(42)38(3)15-16-45-5/h6-12,17-20,41H,13-16,21H2,1-5H3,(H,35,36). The van der Waals surface area contributed by atoms with Gasteiger partial charge < -0.3 is 34.4 Å². The first-order valence-corrected chi connectivity index (χ1v) is 14.7. The summed E-state index contributed by atoms with van der Waals surface area (Å²) in [6, 6.07) is 16.4. The van der Waals surface area contributed by atoms with Crippen LogP contribution < -0.4 is 20.7 Å². The molecule has 0 spiro atoms. The van der Waals surface area contributed by atoms with Crippen LogP contribution in [0.3, 0.4) is 0 Å². The maximum Gasteiger partial charge on any atom is 0.274 e. The third-order valence-corrected chi connectivity index (χ3v) is 8.03. The van der Waals surface area contributed by atoms with Crippen molar-refractivity contribution in [2.75, 3.05) is 63.1 Å². The molecule has 234 valence electrons. The smallest absolute Gasteiger partial charge is 0.274 e. The highest BCUT2D eigenvalue weighted by atomic mass is 16.5. The van der Waals surface area contributed by atoms with E-state index < -0.39 is 0 Å². The Morgan fingerprint density at radius 3 is 2.56 bits per heavy atom. The number of aryl methyl sites for hydroxylation is 1. The van der Waals surface area contributed by atoms with Crippen molar-refractivity contribution >= 4 is 34.7 Å². The zero-order valence-electron chi connectivity index (χ0n) is 26.2. The van der Waals surface area contributed by atoms with Crippen molar-refractivity contribution in [3.05, 3.63) is 99.6 Å². The molecule has 0 aliphatic carbocycles. The van der Waals surface area contributed by atoms with E-state index in [-0.39, 0.29) is 29.7 Å². The van der Waals surface area contributed by atoms with E-state index in [1.807, 2.05) is 49.3 Å². The highest BCUT2D eigenvalue weighted by Crippen LogP contribution is 2.35. The van der Waals surface area contributed by atoms with E-state index in [4.69, 9.17) is 4.74 Å². The Hall–Kier alpha value is -5.00. The van der Waals surface area contributed by atoms with E-state index in [0.717, 1.165) is 11.3 Å². The largest absolute Gasteiger partial charge is 0.392 e. The number of aliphatic hydroxyl groups is 1. The van der Waals surface area contributed by atoms with Gasteiger partial charge in [0.25, 0.3) is 17.4 Å². The summed E-state index contributed by atoms with van der Waals surface area (Å²) in [6.07, 6.45) is 3.85. The van der Waals surface area contributed by atoms with E-state index in [0.29, 0.717) is 65.4 Å². The quantitative estimate of drug-likeness (QED) is 0.279. The summed E-state index contributed by atoms with van der Waals surface area (Å²) < 4.78 is 6.50. The highest BCUT2D eigenvalue weighted by Gasteiger charge is 2.28. The average molecular weight is 611 g/mol. The summed E-state index contributed by atoms with van der Waals surface area (Å²) in [6.45, 7) is 1.05. The van der Waals surface area contributed by atoms with Gasteiger partial charge >= 0.3 is 0 Å². The lowest BCUT2D eigenvalue weighted by Crippen LogP contribution is -2.38. The number of amides is 2. The predicted molar refractivity (Wildman–Crippen MR) is 176 cm³/mol. The van der Waals surface area contributed by atoms with Crippen LogP contribution in [-0.2, 0) is 24.8 Å². The molecular weight excluding hydrogens is 572 g/mol. The number of aliphatic hydroxyl groups excluding tert-OH is 1. The van der Waals surface area contributed by atoms with Gasteiger partial charge in [-0.2, -0.15) is 0 Å². The number of aromatic nitrogens is 2. The van der Waals surface area contributed by atoms with E-state index in [2.05, 4.69) is 16.4 Å². The van der Waals surface area contributed by atoms with Gasteiger partial charge in [-0.1, -0.05) is 12.1 Å². The number of rotatable bonds is 10. The third kappa shape index (κ3) is 6.45. The van der Waals surface area contributed by atoms with Crippen LogP contribution >= 0.6 is 0 Å². The van der Waals surface area contributed by atoms with Gasteiger partial charge in [0, 0.05) is 83.2 Å². The first-order valence-electron chi connectivity index (χ1n) is 14.7. The Kier molecular flexibility index (Phi) is 9.31. The molecule has 0 unspecified atom stereocenters. The lowest BCUT2D eigenvalue weighted by atomic mass is 9.94. The van der Waals surface area contributed by atoms with Gasteiger partial charge in [-0.05, 0) is 60.0 Å². The highest BCUT2D eigenvalue weighted by molar-refractivity contribution is 6.09. The maximum atomic E-state index is 13.7. The van der Waals surface area contributed by atoms with Gasteiger partial charge in [0.1, 0.15) is 11.5 Å². The number of nitrogens with one attached hydrogen (secondary N) is 1. The number of hydrogen-bond donors (Lipinski definition) is 2. The van der Waals surface area contributed by atoms with Gasteiger partial charge in [-0.3, -0.25) is 14.4 Å². The van der Waals surface area contributed by atoms with Crippen molar-refractivity contribution in [3.8, 4) is 11.1 Å². The molecule has 2 aromatic heterocycles. The fourth-order valence-electron chi connectivity index (χ4n) is 5.48. The molecule has 11 heteroatoms. The molecule has 0 fully saturated rings. The van der Waals surface area contributed by atoms with Gasteiger partial charge in [0.05, 0.1) is 24.5 Å². The molecule has 0 atom stereocenters. The number of anilines is 4. The first kappa shape index (κ1) is 31.4. The van der Waals surface area contributed by atoms with Crippen molar-refractivity contribution < 1.29 is 19.4 Å². The molecule has 0 saturated carbocycles. The van der Waals surface area contributed by atoms with Crippen molar-refractivity contribution in [2.45, 2.75) is 13.0 Å². The number of benzene rings is 2. The van der Waals surface area contributed by atoms with Crippen molar-refractivity contribution in [2.24, 2.45) is 7.05 Å². The Labute approximate surface area is 262 Å². The van der Waals surface area contributed by atoms with Crippen LogP contribution in [-0.4, -0.2) is 79.3 Å². The lowest BCUT2D eigenvalue weighted by Gasteiger charge is -2.31. The molecule has 1 aliphatic rings. The Balaban J connectivity index is 1.44. The number of pyridine rings is 2. The molecular formula is C34H38N6O5. The summed E-state index contributed by atoms with van der Waals surface area (Å²) in [4.78, 5) is 49.1. The number of likely N-dealkylation sites (N-methyl/N-ethyl adjacent to an activating group) is 1. The van der Waals surface area contributed by atoms with Crippen LogP contribution in [0.4, 0.5) is 22.9 Å². The summed E-state index contributed by atoms with van der Waals surface area (Å²) in [5.74, 6) is 0.0926. The van der Waals surface area contributed by atoms with Gasteiger partial charge in [-0.25, -0.2) is 4.98 Å². The lowest BCUT2D eigenvalue weighted by molar-refractivity contribution is 0.0743. The van der Waals surface area contributed by atoms with Crippen LogP contribution in [0.5, 0.6) is 0 Å². The normalized spacial score (nSPS) is 12.6. The van der Waals surface area contributed by atoms with Gasteiger partial charge in [-0.15, -0.1) is 0 Å². The summed E-state index contributed by atoms with van der Waals surface area (Å²) in [5, 5.41) is 13.7. The number of methoxy groups -OCH3 is 1. The second-order valence-electron chi connectivity index (χ2n) is 11.2. The number of hydrogen-bond acceptors (Lipinski definition) is 8. The predicted octanol–water partition coefficient (Wildman–Crippen LogP) is 3.67. The van der Waals surface area contributed by atoms with Crippen LogP contribution in [0, 0.1) is 0 Å². The van der Waals surface area contributed by atoms with E-state index in [1.54, 1.807) is 55.4 Å². The minimum atomic E-state index is -0.302. The summed E-state index contributed by atoms with van der Waals surface area (Å²) >= 11 is 0. The van der Waals surface area contributed by atoms with E-state index >= 15 is 0 Å². The molecule has 0 saturated heterocycles. The number of ether oxygens (including phenoxy) is 1. The molecule has 5 rings (SSSR count). The number of nitrogens with zero attached hydrogens (tertiary/aromatic N) is 5. The minimum Gasteiger partial charge on any atom is -0.392 e. The Morgan fingerprint density at radius 2 is 1.87 bits per heavy atom. The number of carbonyl (C=O) groups excluding carboxylic acids is 2. The monoisotopic (exact) mass is 610 g/mol. The topological polar surface area (TPSA) is 120 Å². The number of fused-ring (bicyclic) bond motifs is 1. The van der Waals surface area contributed by atoms with Crippen LogP contribution in [0.2, 0.25) is 0 Å². The molecule has 0 bridgehead atoms. The first-order chi connectivity index (χ1) is 21.6.